The third-order valence-corrected chi connectivity index (χ3v) is 5.04. The van der Waals surface area contributed by atoms with Crippen molar-refractivity contribution >= 4 is 15.5 Å². The van der Waals surface area contributed by atoms with Gasteiger partial charge >= 0.3 is 0 Å². The average Bonchev–Trinajstić information content (AvgIpc) is 2.29. The Balaban J connectivity index is 2.32. The van der Waals surface area contributed by atoms with E-state index in [2.05, 4.69) is 0 Å². The Bertz CT molecular complexity index is 545. The van der Waals surface area contributed by atoms with Crippen molar-refractivity contribution in [3.63, 3.8) is 0 Å². The molecule has 1 aliphatic heterocycles. The molecule has 0 amide bonds. The number of rotatable bonds is 2. The molecule has 100 valence electrons. The van der Waals surface area contributed by atoms with Crippen LogP contribution >= 0.6 is 0 Å². The number of halogens is 1. The number of sulfone groups is 1. The molecule has 0 spiro atoms. The van der Waals surface area contributed by atoms with Crippen LogP contribution < -0.4 is 10.6 Å². The van der Waals surface area contributed by atoms with Crippen molar-refractivity contribution < 1.29 is 12.8 Å². The van der Waals surface area contributed by atoms with Gasteiger partial charge in [-0.2, -0.15) is 0 Å². The van der Waals surface area contributed by atoms with Gasteiger partial charge in [0, 0.05) is 24.8 Å². The quantitative estimate of drug-likeness (QED) is 0.869. The second kappa shape index (κ2) is 4.85. The van der Waals surface area contributed by atoms with Crippen LogP contribution in [0.15, 0.2) is 18.2 Å². The summed E-state index contributed by atoms with van der Waals surface area (Å²) in [7, 11) is -2.95. The molecule has 1 heterocycles. The van der Waals surface area contributed by atoms with E-state index >= 15 is 0 Å². The molecule has 1 aromatic rings. The van der Waals surface area contributed by atoms with Crippen molar-refractivity contribution in [1.29, 1.82) is 0 Å². The van der Waals surface area contributed by atoms with Gasteiger partial charge in [-0.05, 0) is 30.7 Å². The van der Waals surface area contributed by atoms with E-state index in [0.29, 0.717) is 12.1 Å². The van der Waals surface area contributed by atoms with Crippen LogP contribution in [0.5, 0.6) is 0 Å². The van der Waals surface area contributed by atoms with Gasteiger partial charge in [0.1, 0.15) is 5.82 Å². The predicted octanol–water partition coefficient (Wildman–Crippen LogP) is 0.908. The summed E-state index contributed by atoms with van der Waals surface area (Å²) in [4.78, 5) is 1.99. The molecule has 1 atom stereocenters. The first-order chi connectivity index (χ1) is 8.43. The predicted molar refractivity (Wildman–Crippen MR) is 69.8 cm³/mol. The summed E-state index contributed by atoms with van der Waals surface area (Å²) >= 11 is 0. The standard InChI is InChI=1S/C12H17FN2O2S/c1-9-8-18(16,17)5-4-15(9)12-3-2-11(13)6-10(12)7-14/h2-3,6,9H,4-5,7-8,14H2,1H3. The molecule has 4 nitrogen and oxygen atoms in total. The van der Waals surface area contributed by atoms with Crippen molar-refractivity contribution in [2.45, 2.75) is 19.5 Å². The van der Waals surface area contributed by atoms with E-state index in [-0.39, 0.29) is 29.9 Å². The monoisotopic (exact) mass is 272 g/mol. The zero-order chi connectivity index (χ0) is 13.3. The van der Waals surface area contributed by atoms with Gasteiger partial charge < -0.3 is 10.6 Å². The van der Waals surface area contributed by atoms with Gasteiger partial charge in [0.05, 0.1) is 11.5 Å². The lowest BCUT2D eigenvalue weighted by atomic mass is 10.1. The molecule has 6 heteroatoms. The molecule has 0 radical (unpaired) electrons. The summed E-state index contributed by atoms with van der Waals surface area (Å²) in [5, 5.41) is 0. The van der Waals surface area contributed by atoms with Gasteiger partial charge in [0.15, 0.2) is 9.84 Å². The number of nitrogens with zero attached hydrogens (tertiary/aromatic N) is 1. The molecule has 0 saturated carbocycles. The van der Waals surface area contributed by atoms with Crippen molar-refractivity contribution in [2.75, 3.05) is 23.0 Å². The first-order valence-corrected chi connectivity index (χ1v) is 7.70. The smallest absolute Gasteiger partial charge is 0.154 e. The van der Waals surface area contributed by atoms with E-state index in [0.717, 1.165) is 5.69 Å². The van der Waals surface area contributed by atoms with Crippen LogP contribution in [0.25, 0.3) is 0 Å². The van der Waals surface area contributed by atoms with Crippen LogP contribution in [0.1, 0.15) is 12.5 Å². The highest BCUT2D eigenvalue weighted by atomic mass is 32.2. The van der Waals surface area contributed by atoms with Gasteiger partial charge in [-0.15, -0.1) is 0 Å². The summed E-state index contributed by atoms with van der Waals surface area (Å²) < 4.78 is 36.2. The molecule has 18 heavy (non-hydrogen) atoms. The van der Waals surface area contributed by atoms with E-state index in [9.17, 15) is 12.8 Å². The fraction of sp³-hybridized carbons (Fsp3) is 0.500. The minimum absolute atomic E-state index is 0.112. The van der Waals surface area contributed by atoms with Gasteiger partial charge in [0.25, 0.3) is 0 Å². The van der Waals surface area contributed by atoms with Crippen LogP contribution in [0, 0.1) is 5.82 Å². The zero-order valence-electron chi connectivity index (χ0n) is 10.3. The Morgan fingerprint density at radius 3 is 2.83 bits per heavy atom. The number of hydrogen-bond acceptors (Lipinski definition) is 4. The molecule has 0 aliphatic carbocycles. The molecule has 1 unspecified atom stereocenters. The van der Waals surface area contributed by atoms with Crippen LogP contribution in [0.2, 0.25) is 0 Å². The van der Waals surface area contributed by atoms with Crippen molar-refractivity contribution in [3.05, 3.63) is 29.6 Å². The van der Waals surface area contributed by atoms with Crippen LogP contribution in [0.3, 0.4) is 0 Å². The Morgan fingerprint density at radius 1 is 1.50 bits per heavy atom. The van der Waals surface area contributed by atoms with E-state index in [4.69, 9.17) is 5.73 Å². The fourth-order valence-electron chi connectivity index (χ4n) is 2.35. The first-order valence-electron chi connectivity index (χ1n) is 5.88. The third-order valence-electron chi connectivity index (χ3n) is 3.24. The molecule has 1 saturated heterocycles. The van der Waals surface area contributed by atoms with Gasteiger partial charge in [-0.3, -0.25) is 0 Å². The Kier molecular flexibility index (Phi) is 3.59. The molecule has 1 aliphatic rings. The zero-order valence-corrected chi connectivity index (χ0v) is 11.1. The number of benzene rings is 1. The normalized spacial score (nSPS) is 23.1. The summed E-state index contributed by atoms with van der Waals surface area (Å²) in [6.07, 6.45) is 0. The minimum Gasteiger partial charge on any atom is -0.367 e. The van der Waals surface area contributed by atoms with Gasteiger partial charge in [-0.25, -0.2) is 12.8 Å². The van der Waals surface area contributed by atoms with E-state index < -0.39 is 9.84 Å². The molecule has 1 aromatic carbocycles. The lowest BCUT2D eigenvalue weighted by Gasteiger charge is -2.36. The molecule has 2 N–H and O–H groups in total. The lowest BCUT2D eigenvalue weighted by molar-refractivity contribution is 0.567. The topological polar surface area (TPSA) is 63.4 Å². The maximum Gasteiger partial charge on any atom is 0.154 e. The Hall–Kier alpha value is -1.14. The van der Waals surface area contributed by atoms with Crippen molar-refractivity contribution in [3.8, 4) is 0 Å². The molecular weight excluding hydrogens is 255 g/mol. The molecule has 2 rings (SSSR count). The van der Waals surface area contributed by atoms with E-state index in [1.165, 1.54) is 12.1 Å². The highest BCUT2D eigenvalue weighted by molar-refractivity contribution is 7.91. The Morgan fingerprint density at radius 2 is 2.22 bits per heavy atom. The fourth-order valence-corrected chi connectivity index (χ4v) is 3.91. The third kappa shape index (κ3) is 2.64. The number of hydrogen-bond donors (Lipinski definition) is 1. The maximum absolute atomic E-state index is 13.2. The van der Waals surface area contributed by atoms with Gasteiger partial charge in [0.2, 0.25) is 0 Å². The lowest BCUT2D eigenvalue weighted by Crippen LogP contribution is -2.47. The number of nitrogens with two attached hydrogens (primary N) is 1. The molecule has 1 fully saturated rings. The van der Waals surface area contributed by atoms with Crippen molar-refractivity contribution in [1.82, 2.24) is 0 Å². The van der Waals surface area contributed by atoms with Crippen LogP contribution in [-0.2, 0) is 16.4 Å². The second-order valence-corrected chi connectivity index (χ2v) is 6.86. The highest BCUT2D eigenvalue weighted by Gasteiger charge is 2.29. The van der Waals surface area contributed by atoms with E-state index in [1.54, 1.807) is 6.07 Å². The van der Waals surface area contributed by atoms with Gasteiger partial charge in [-0.1, -0.05) is 0 Å². The average molecular weight is 272 g/mol. The summed E-state index contributed by atoms with van der Waals surface area (Å²) in [5.74, 6) is -0.0518. The van der Waals surface area contributed by atoms with Crippen LogP contribution in [-0.4, -0.2) is 32.5 Å². The van der Waals surface area contributed by atoms with Crippen LogP contribution in [0.4, 0.5) is 10.1 Å². The SMILES string of the molecule is CC1CS(=O)(=O)CCN1c1ccc(F)cc1CN. The molecule has 0 aromatic heterocycles. The molecular formula is C12H17FN2O2S. The molecule has 0 bridgehead atoms. The highest BCUT2D eigenvalue weighted by Crippen LogP contribution is 2.26. The second-order valence-electron chi connectivity index (χ2n) is 4.63. The maximum atomic E-state index is 13.2. The minimum atomic E-state index is -2.95. The summed E-state index contributed by atoms with van der Waals surface area (Å²) in [5.41, 5.74) is 7.16. The van der Waals surface area contributed by atoms with Crippen molar-refractivity contribution in [2.24, 2.45) is 5.73 Å². The summed E-state index contributed by atoms with van der Waals surface area (Å²) in [6, 6.07) is 4.35. The summed E-state index contributed by atoms with van der Waals surface area (Å²) in [6.45, 7) is 2.53. The Labute approximate surface area is 107 Å². The van der Waals surface area contributed by atoms with E-state index in [1.807, 2.05) is 11.8 Å². The largest absolute Gasteiger partial charge is 0.367 e. The number of anilines is 1. The first kappa shape index (κ1) is 13.3.